The summed E-state index contributed by atoms with van der Waals surface area (Å²) >= 11 is 0. The highest BCUT2D eigenvalue weighted by molar-refractivity contribution is 5.55. The molecule has 1 heterocycles. The quantitative estimate of drug-likeness (QED) is 0.891. The molecule has 0 saturated carbocycles. The predicted molar refractivity (Wildman–Crippen MR) is 70.6 cm³/mol. The zero-order valence-electron chi connectivity index (χ0n) is 10.4. The van der Waals surface area contributed by atoms with Crippen LogP contribution >= 0.6 is 0 Å². The van der Waals surface area contributed by atoms with Gasteiger partial charge in [0.25, 0.3) is 0 Å². The minimum Gasteiger partial charge on any atom is -0.339 e. The molecule has 0 aliphatic heterocycles. The van der Waals surface area contributed by atoms with Crippen molar-refractivity contribution < 1.29 is 0 Å². The highest BCUT2D eigenvalue weighted by Crippen LogP contribution is 2.19. The van der Waals surface area contributed by atoms with Crippen LogP contribution in [-0.4, -0.2) is 9.97 Å². The van der Waals surface area contributed by atoms with Crippen LogP contribution in [0.4, 0.5) is 11.5 Å². The number of benzene rings is 1. The molecule has 0 aliphatic carbocycles. The van der Waals surface area contributed by atoms with Crippen molar-refractivity contribution in [1.82, 2.24) is 9.97 Å². The van der Waals surface area contributed by atoms with Gasteiger partial charge < -0.3 is 5.32 Å². The summed E-state index contributed by atoms with van der Waals surface area (Å²) in [4.78, 5) is 8.06. The van der Waals surface area contributed by atoms with E-state index < -0.39 is 0 Å². The molecule has 1 aromatic heterocycles. The largest absolute Gasteiger partial charge is 0.339 e. The summed E-state index contributed by atoms with van der Waals surface area (Å²) in [5.74, 6) is 1.15. The van der Waals surface area contributed by atoms with Crippen molar-refractivity contribution in [3.05, 3.63) is 47.9 Å². The number of hydrogen-bond donors (Lipinski definition) is 1. The van der Waals surface area contributed by atoms with E-state index in [0.29, 0.717) is 17.4 Å². The van der Waals surface area contributed by atoms with Crippen molar-refractivity contribution in [1.29, 1.82) is 5.26 Å². The molecule has 0 atom stereocenters. The van der Waals surface area contributed by atoms with E-state index in [1.807, 2.05) is 18.2 Å². The summed E-state index contributed by atoms with van der Waals surface area (Å²) in [5.41, 5.74) is 2.57. The Hall–Kier alpha value is -2.41. The van der Waals surface area contributed by atoms with Crippen molar-refractivity contribution in [2.75, 3.05) is 5.32 Å². The lowest BCUT2D eigenvalue weighted by Crippen LogP contribution is -1.96. The zero-order valence-corrected chi connectivity index (χ0v) is 10.4. The first-order valence-corrected chi connectivity index (χ1v) is 5.78. The average Bonchev–Trinajstić information content (AvgIpc) is 2.40. The number of nitrogens with one attached hydrogen (secondary N) is 1. The molecule has 2 rings (SSSR count). The monoisotopic (exact) mass is 238 g/mol. The molecule has 0 aliphatic rings. The fourth-order valence-electron chi connectivity index (χ4n) is 1.55. The molecule has 0 saturated heterocycles. The van der Waals surface area contributed by atoms with Gasteiger partial charge in [-0.15, -0.1) is 0 Å². The van der Waals surface area contributed by atoms with Gasteiger partial charge in [-0.25, -0.2) is 9.97 Å². The highest BCUT2D eigenvalue weighted by atomic mass is 15.0. The van der Waals surface area contributed by atoms with Gasteiger partial charge in [-0.1, -0.05) is 26.0 Å². The van der Waals surface area contributed by atoms with Crippen LogP contribution in [0.3, 0.4) is 0 Å². The molecule has 0 radical (unpaired) electrons. The van der Waals surface area contributed by atoms with E-state index >= 15 is 0 Å². The Morgan fingerprint density at radius 1 is 1.11 bits per heavy atom. The molecule has 1 N–H and O–H groups in total. The Balaban J connectivity index is 2.11. The minimum absolute atomic E-state index is 0.315. The van der Waals surface area contributed by atoms with Gasteiger partial charge >= 0.3 is 0 Å². The minimum atomic E-state index is 0.315. The molecule has 1 aromatic carbocycles. The van der Waals surface area contributed by atoms with Gasteiger partial charge in [0.05, 0.1) is 12.4 Å². The molecule has 4 heteroatoms. The summed E-state index contributed by atoms with van der Waals surface area (Å²) in [6, 6.07) is 10.1. The Labute approximate surface area is 106 Å². The lowest BCUT2D eigenvalue weighted by molar-refractivity contribution is 0.867. The summed E-state index contributed by atoms with van der Waals surface area (Å²) in [7, 11) is 0. The van der Waals surface area contributed by atoms with E-state index in [1.54, 1.807) is 6.20 Å². The smallest absolute Gasteiger partial charge is 0.158 e. The Morgan fingerprint density at radius 2 is 1.83 bits per heavy atom. The SMILES string of the molecule is CC(C)c1ccc(Nc2cnc(C#N)cn2)cc1. The third kappa shape index (κ3) is 2.83. The predicted octanol–water partition coefficient (Wildman–Crippen LogP) is 3.22. The number of hydrogen-bond acceptors (Lipinski definition) is 4. The summed E-state index contributed by atoms with van der Waals surface area (Å²) in [6.45, 7) is 4.32. The summed E-state index contributed by atoms with van der Waals surface area (Å²) < 4.78 is 0. The molecule has 2 aromatic rings. The Kier molecular flexibility index (Phi) is 3.54. The van der Waals surface area contributed by atoms with Gasteiger partial charge in [-0.05, 0) is 23.6 Å². The lowest BCUT2D eigenvalue weighted by atomic mass is 10.0. The van der Waals surface area contributed by atoms with Crippen molar-refractivity contribution in [2.24, 2.45) is 0 Å². The van der Waals surface area contributed by atoms with Crippen molar-refractivity contribution >= 4 is 11.5 Å². The van der Waals surface area contributed by atoms with Crippen LogP contribution in [0.5, 0.6) is 0 Å². The maximum atomic E-state index is 8.63. The van der Waals surface area contributed by atoms with Crippen LogP contribution in [0.25, 0.3) is 0 Å². The van der Waals surface area contributed by atoms with Gasteiger partial charge in [0, 0.05) is 5.69 Å². The molecular weight excluding hydrogens is 224 g/mol. The molecule has 4 nitrogen and oxygen atoms in total. The maximum absolute atomic E-state index is 8.63. The zero-order chi connectivity index (χ0) is 13.0. The van der Waals surface area contributed by atoms with E-state index in [4.69, 9.17) is 5.26 Å². The highest BCUT2D eigenvalue weighted by Gasteiger charge is 2.00. The molecule has 90 valence electrons. The van der Waals surface area contributed by atoms with Crippen LogP contribution < -0.4 is 5.32 Å². The molecule has 18 heavy (non-hydrogen) atoms. The van der Waals surface area contributed by atoms with Crippen LogP contribution in [0.2, 0.25) is 0 Å². The molecular formula is C14H14N4. The Morgan fingerprint density at radius 3 is 2.33 bits per heavy atom. The summed E-state index contributed by atoms with van der Waals surface area (Å²) in [5, 5.41) is 11.8. The number of nitrogens with zero attached hydrogens (tertiary/aromatic N) is 3. The number of rotatable bonds is 3. The second-order valence-corrected chi connectivity index (χ2v) is 4.30. The third-order valence-corrected chi connectivity index (χ3v) is 2.62. The van der Waals surface area contributed by atoms with Gasteiger partial charge in [0.15, 0.2) is 5.69 Å². The van der Waals surface area contributed by atoms with Gasteiger partial charge in [0.2, 0.25) is 0 Å². The number of aromatic nitrogens is 2. The van der Waals surface area contributed by atoms with Crippen LogP contribution in [0.1, 0.15) is 31.0 Å². The fraction of sp³-hybridized carbons (Fsp3) is 0.214. The van der Waals surface area contributed by atoms with Crippen LogP contribution in [-0.2, 0) is 0 Å². The van der Waals surface area contributed by atoms with Crippen LogP contribution in [0.15, 0.2) is 36.7 Å². The van der Waals surface area contributed by atoms with Gasteiger partial charge in [0.1, 0.15) is 11.9 Å². The van der Waals surface area contributed by atoms with Crippen molar-refractivity contribution in [2.45, 2.75) is 19.8 Å². The normalized spacial score (nSPS) is 10.1. The van der Waals surface area contributed by atoms with Crippen molar-refractivity contribution in [3.8, 4) is 6.07 Å². The van der Waals surface area contributed by atoms with Crippen LogP contribution in [0, 0.1) is 11.3 Å². The van der Waals surface area contributed by atoms with Gasteiger partial charge in [-0.3, -0.25) is 0 Å². The Bertz CT molecular complexity index is 550. The second kappa shape index (κ2) is 5.28. The first-order chi connectivity index (χ1) is 8.69. The van der Waals surface area contributed by atoms with E-state index in [0.717, 1.165) is 5.69 Å². The first-order valence-electron chi connectivity index (χ1n) is 5.78. The van der Waals surface area contributed by atoms with E-state index in [9.17, 15) is 0 Å². The van der Waals surface area contributed by atoms with Crippen molar-refractivity contribution in [3.63, 3.8) is 0 Å². The maximum Gasteiger partial charge on any atom is 0.158 e. The topological polar surface area (TPSA) is 61.6 Å². The number of anilines is 2. The van der Waals surface area contributed by atoms with E-state index in [2.05, 4.69) is 41.3 Å². The standard InChI is InChI=1S/C14H14N4/c1-10(2)11-3-5-12(6-4-11)18-14-9-16-13(7-15)8-17-14/h3-6,8-10H,1-2H3,(H,17,18). The third-order valence-electron chi connectivity index (χ3n) is 2.62. The second-order valence-electron chi connectivity index (χ2n) is 4.30. The summed E-state index contributed by atoms with van der Waals surface area (Å²) in [6.07, 6.45) is 3.00. The van der Waals surface area contributed by atoms with E-state index in [-0.39, 0.29) is 0 Å². The number of nitriles is 1. The fourth-order valence-corrected chi connectivity index (χ4v) is 1.55. The molecule has 0 fully saturated rings. The molecule has 0 amide bonds. The lowest BCUT2D eigenvalue weighted by Gasteiger charge is -2.08. The average molecular weight is 238 g/mol. The molecule has 0 bridgehead atoms. The van der Waals surface area contributed by atoms with Gasteiger partial charge in [-0.2, -0.15) is 5.26 Å². The first kappa shape index (κ1) is 12.1. The molecule has 0 spiro atoms. The molecule has 0 unspecified atom stereocenters. The van der Waals surface area contributed by atoms with E-state index in [1.165, 1.54) is 11.8 Å².